The number of unbranched alkanes of at least 4 members (excludes halogenated alkanes) is 3. The molecule has 1 aromatic heterocycles. The molecule has 0 fully saturated rings. The fourth-order valence-corrected chi connectivity index (χ4v) is 4.23. The van der Waals surface area contributed by atoms with Gasteiger partial charge in [0.15, 0.2) is 11.0 Å². The number of carbonyl (C=O) groups is 1. The lowest BCUT2D eigenvalue weighted by atomic mass is 10.1. The lowest BCUT2D eigenvalue weighted by Crippen LogP contribution is -2.28. The highest BCUT2D eigenvalue weighted by Crippen LogP contribution is 2.34. The number of carbonyl (C=O) groups excluding carboxylic acids is 1. The Labute approximate surface area is 209 Å². The molecule has 2 rings (SSSR count). The van der Waals surface area contributed by atoms with Gasteiger partial charge in [-0.1, -0.05) is 56.1 Å². The van der Waals surface area contributed by atoms with E-state index in [0.717, 1.165) is 32.6 Å². The maximum Gasteiger partial charge on any atom is 0.243 e. The van der Waals surface area contributed by atoms with Crippen LogP contribution in [0.1, 0.15) is 59.3 Å². The minimum absolute atomic E-state index is 0.0498. The molecule has 1 heterocycles. The maximum absolute atomic E-state index is 12.9. The summed E-state index contributed by atoms with van der Waals surface area (Å²) in [5.41, 5.74) is 1.76. The molecule has 0 saturated carbocycles. The van der Waals surface area contributed by atoms with Gasteiger partial charge in [-0.25, -0.2) is 4.98 Å². The fraction of sp³-hybridized carbons (Fsp3) is 0.577. The first-order chi connectivity index (χ1) is 16.6. The molecule has 34 heavy (non-hydrogen) atoms. The van der Waals surface area contributed by atoms with Crippen molar-refractivity contribution in [2.45, 2.75) is 64.5 Å². The Bertz CT molecular complexity index is 862. The molecule has 0 aliphatic carbocycles. The summed E-state index contributed by atoms with van der Waals surface area (Å²) >= 11 is 1.46. The molecule has 0 aliphatic rings. The largest absolute Gasteiger partial charge is 0.479 e. The molecule has 0 spiro atoms. The van der Waals surface area contributed by atoms with E-state index in [1.165, 1.54) is 43.1 Å². The van der Waals surface area contributed by atoms with E-state index in [2.05, 4.69) is 70.1 Å². The predicted octanol–water partition coefficient (Wildman–Crippen LogP) is 5.86. The molecule has 0 radical (unpaired) electrons. The maximum atomic E-state index is 12.9. The van der Waals surface area contributed by atoms with Gasteiger partial charge in [0.05, 0.1) is 7.11 Å². The average molecular weight is 488 g/mol. The van der Waals surface area contributed by atoms with Crippen molar-refractivity contribution < 1.29 is 9.53 Å². The second kappa shape index (κ2) is 15.4. The molecular weight excluding hydrogens is 446 g/mol. The lowest BCUT2D eigenvalue weighted by Gasteiger charge is -2.25. The number of ether oxygens (including phenoxy) is 1. The third-order valence-electron chi connectivity index (χ3n) is 5.77. The van der Waals surface area contributed by atoms with Crippen molar-refractivity contribution in [1.29, 1.82) is 0 Å². The van der Waals surface area contributed by atoms with Crippen molar-refractivity contribution in [1.82, 2.24) is 9.97 Å². The normalized spacial score (nSPS) is 10.7. The average Bonchev–Trinajstić information content (AvgIpc) is 2.87. The van der Waals surface area contributed by atoms with Crippen LogP contribution in [0.25, 0.3) is 0 Å². The third-order valence-corrected chi connectivity index (χ3v) is 6.32. The number of nitrogens with one attached hydrogen (secondary N) is 1. The minimum atomic E-state index is -0.0498. The molecule has 0 aliphatic heterocycles. The Morgan fingerprint density at radius 2 is 1.68 bits per heavy atom. The Hall–Kier alpha value is -2.48. The Morgan fingerprint density at radius 1 is 0.971 bits per heavy atom. The molecule has 2 aromatic rings. The zero-order chi connectivity index (χ0) is 24.8. The summed E-state index contributed by atoms with van der Waals surface area (Å²) in [6, 6.07) is 10.5. The molecule has 0 unspecified atom stereocenters. The standard InChI is InChI=1S/C26H41N5O2S/c1-6-9-10-14-19-31(21-16-12-11-13-17-21)20-15-18-22(32)27-23-24(30(7-2)8-3)28-26(34-5)29-25(23)33-4/h11-13,16-17H,6-10,14-15,18-20H2,1-5H3,(H,27,32). The van der Waals surface area contributed by atoms with Crippen molar-refractivity contribution in [3.8, 4) is 5.88 Å². The minimum Gasteiger partial charge on any atom is -0.479 e. The van der Waals surface area contributed by atoms with Crippen molar-refractivity contribution in [2.24, 2.45) is 0 Å². The van der Waals surface area contributed by atoms with E-state index in [-0.39, 0.29) is 5.91 Å². The number of thioether (sulfide) groups is 1. The van der Waals surface area contributed by atoms with Crippen LogP contribution in [0.4, 0.5) is 17.2 Å². The Balaban J connectivity index is 2.06. The topological polar surface area (TPSA) is 70.6 Å². The smallest absolute Gasteiger partial charge is 0.243 e. The van der Waals surface area contributed by atoms with Gasteiger partial charge in [-0.15, -0.1) is 0 Å². The number of amides is 1. The number of aromatic nitrogens is 2. The number of hydrogen-bond donors (Lipinski definition) is 1. The van der Waals surface area contributed by atoms with Crippen LogP contribution in [0.5, 0.6) is 5.88 Å². The number of rotatable bonds is 16. The zero-order valence-corrected chi connectivity index (χ0v) is 22.3. The van der Waals surface area contributed by atoms with Crippen LogP contribution < -0.4 is 19.9 Å². The molecule has 0 saturated heterocycles. The predicted molar refractivity (Wildman–Crippen MR) is 145 cm³/mol. The lowest BCUT2D eigenvalue weighted by molar-refractivity contribution is -0.116. The SMILES string of the molecule is CCCCCCN(CCCC(=O)Nc1c(OC)nc(SC)nc1N(CC)CC)c1ccccc1. The number of hydrogen-bond acceptors (Lipinski definition) is 7. The van der Waals surface area contributed by atoms with E-state index < -0.39 is 0 Å². The highest BCUT2D eigenvalue weighted by atomic mass is 32.2. The van der Waals surface area contributed by atoms with Gasteiger partial charge in [-0.05, 0) is 45.1 Å². The number of nitrogens with zero attached hydrogens (tertiary/aromatic N) is 4. The van der Waals surface area contributed by atoms with Gasteiger partial charge in [0.25, 0.3) is 0 Å². The summed E-state index contributed by atoms with van der Waals surface area (Å²) in [6.07, 6.45) is 8.01. The molecule has 1 N–H and O–H groups in total. The van der Waals surface area contributed by atoms with E-state index in [4.69, 9.17) is 4.74 Å². The summed E-state index contributed by atoms with van der Waals surface area (Å²) < 4.78 is 5.52. The van der Waals surface area contributed by atoms with Gasteiger partial charge in [-0.2, -0.15) is 4.98 Å². The summed E-state index contributed by atoms with van der Waals surface area (Å²) in [6.45, 7) is 9.77. The van der Waals surface area contributed by atoms with E-state index in [9.17, 15) is 4.79 Å². The van der Waals surface area contributed by atoms with Gasteiger partial charge in [-0.3, -0.25) is 4.79 Å². The van der Waals surface area contributed by atoms with Crippen LogP contribution in [-0.4, -0.2) is 55.4 Å². The Kier molecular flexibility index (Phi) is 12.6. The first kappa shape index (κ1) is 27.8. The molecule has 0 bridgehead atoms. The molecule has 7 nitrogen and oxygen atoms in total. The molecule has 1 aromatic carbocycles. The third kappa shape index (κ3) is 8.38. The highest BCUT2D eigenvalue weighted by Gasteiger charge is 2.21. The van der Waals surface area contributed by atoms with Gasteiger partial charge < -0.3 is 19.9 Å². The number of benzene rings is 1. The second-order valence-corrected chi connectivity index (χ2v) is 8.90. The van der Waals surface area contributed by atoms with Gasteiger partial charge in [0, 0.05) is 38.3 Å². The van der Waals surface area contributed by atoms with Crippen molar-refractivity contribution in [3.63, 3.8) is 0 Å². The highest BCUT2D eigenvalue weighted by molar-refractivity contribution is 7.98. The van der Waals surface area contributed by atoms with Crippen molar-refractivity contribution >= 4 is 34.9 Å². The number of para-hydroxylation sites is 1. The van der Waals surface area contributed by atoms with E-state index in [1.54, 1.807) is 7.11 Å². The van der Waals surface area contributed by atoms with Gasteiger partial charge in [0.1, 0.15) is 5.69 Å². The summed E-state index contributed by atoms with van der Waals surface area (Å²) in [7, 11) is 1.57. The fourth-order valence-electron chi connectivity index (χ4n) is 3.88. The van der Waals surface area contributed by atoms with E-state index >= 15 is 0 Å². The molecule has 1 amide bonds. The number of anilines is 3. The van der Waals surface area contributed by atoms with Crippen LogP contribution in [0.3, 0.4) is 0 Å². The summed E-state index contributed by atoms with van der Waals surface area (Å²) in [5, 5.41) is 3.67. The van der Waals surface area contributed by atoms with E-state index in [1.807, 2.05) is 12.3 Å². The molecule has 8 heteroatoms. The van der Waals surface area contributed by atoms with E-state index in [0.29, 0.717) is 29.0 Å². The first-order valence-electron chi connectivity index (χ1n) is 12.4. The van der Waals surface area contributed by atoms with Gasteiger partial charge >= 0.3 is 0 Å². The number of methoxy groups -OCH3 is 1. The van der Waals surface area contributed by atoms with Crippen molar-refractivity contribution in [2.75, 3.05) is 54.7 Å². The van der Waals surface area contributed by atoms with Crippen LogP contribution in [0.15, 0.2) is 35.5 Å². The monoisotopic (exact) mass is 487 g/mol. The first-order valence-corrected chi connectivity index (χ1v) is 13.6. The molecular formula is C26H41N5O2S. The van der Waals surface area contributed by atoms with Gasteiger partial charge in [0.2, 0.25) is 11.8 Å². The van der Waals surface area contributed by atoms with Crippen LogP contribution >= 0.6 is 11.8 Å². The van der Waals surface area contributed by atoms with Crippen LogP contribution in [0, 0.1) is 0 Å². The zero-order valence-electron chi connectivity index (χ0n) is 21.5. The Morgan fingerprint density at radius 3 is 2.29 bits per heavy atom. The van der Waals surface area contributed by atoms with Crippen molar-refractivity contribution in [3.05, 3.63) is 30.3 Å². The molecule has 188 valence electrons. The second-order valence-electron chi connectivity index (χ2n) is 8.13. The summed E-state index contributed by atoms with van der Waals surface area (Å²) in [5.74, 6) is 1.05. The quantitative estimate of drug-likeness (QED) is 0.181. The summed E-state index contributed by atoms with van der Waals surface area (Å²) in [4.78, 5) is 26.6. The van der Waals surface area contributed by atoms with Crippen LogP contribution in [0.2, 0.25) is 0 Å². The van der Waals surface area contributed by atoms with Crippen LogP contribution in [-0.2, 0) is 4.79 Å². The molecule has 0 atom stereocenters.